The molecule has 1 aliphatic heterocycles. The zero-order chi connectivity index (χ0) is 13.0. The van der Waals surface area contributed by atoms with Gasteiger partial charge in [0.05, 0.1) is 6.61 Å². The third-order valence-electron chi connectivity index (χ3n) is 3.27. The molecule has 1 aliphatic rings. The van der Waals surface area contributed by atoms with Crippen molar-refractivity contribution in [2.75, 3.05) is 25.0 Å². The molecule has 0 unspecified atom stereocenters. The van der Waals surface area contributed by atoms with Crippen molar-refractivity contribution in [1.82, 2.24) is 15.3 Å². The lowest BCUT2D eigenvalue weighted by atomic mass is 9.96. The summed E-state index contributed by atoms with van der Waals surface area (Å²) in [6.45, 7) is 1.53. The third-order valence-corrected chi connectivity index (χ3v) is 3.27. The van der Waals surface area contributed by atoms with Crippen LogP contribution in [-0.2, 0) is 11.4 Å². The molecule has 0 spiro atoms. The molecule has 0 aliphatic carbocycles. The van der Waals surface area contributed by atoms with E-state index in [4.69, 9.17) is 5.11 Å². The summed E-state index contributed by atoms with van der Waals surface area (Å²) in [7, 11) is 1.67. The molecule has 2 rings (SSSR count). The first-order chi connectivity index (χ1) is 8.74. The van der Waals surface area contributed by atoms with E-state index in [-0.39, 0.29) is 18.4 Å². The average Bonchev–Trinajstić information content (AvgIpc) is 2.47. The van der Waals surface area contributed by atoms with Crippen molar-refractivity contribution in [3.8, 4) is 0 Å². The fourth-order valence-electron chi connectivity index (χ4n) is 2.14. The van der Waals surface area contributed by atoms with Crippen LogP contribution in [0.25, 0.3) is 0 Å². The molecule has 0 aromatic carbocycles. The van der Waals surface area contributed by atoms with E-state index in [1.54, 1.807) is 19.4 Å². The molecule has 0 saturated carbocycles. The largest absolute Gasteiger partial charge is 0.392 e. The third kappa shape index (κ3) is 2.76. The summed E-state index contributed by atoms with van der Waals surface area (Å²) in [6, 6.07) is 0. The van der Waals surface area contributed by atoms with E-state index in [0.717, 1.165) is 25.9 Å². The zero-order valence-electron chi connectivity index (χ0n) is 10.5. The van der Waals surface area contributed by atoms with Crippen LogP contribution in [0.1, 0.15) is 18.4 Å². The molecule has 1 amide bonds. The van der Waals surface area contributed by atoms with Crippen molar-refractivity contribution >= 4 is 11.9 Å². The van der Waals surface area contributed by atoms with Gasteiger partial charge in [0.2, 0.25) is 11.9 Å². The van der Waals surface area contributed by atoms with Crippen molar-refractivity contribution in [2.24, 2.45) is 5.92 Å². The van der Waals surface area contributed by atoms with E-state index in [1.807, 2.05) is 0 Å². The number of nitrogens with one attached hydrogen (secondary N) is 1. The molecule has 0 radical (unpaired) electrons. The summed E-state index contributed by atoms with van der Waals surface area (Å²) in [5.74, 6) is 0.886. The summed E-state index contributed by atoms with van der Waals surface area (Å²) < 4.78 is 0. The van der Waals surface area contributed by atoms with Crippen molar-refractivity contribution in [1.29, 1.82) is 0 Å². The summed E-state index contributed by atoms with van der Waals surface area (Å²) in [4.78, 5) is 22.0. The quantitative estimate of drug-likeness (QED) is 0.785. The molecule has 0 atom stereocenters. The minimum Gasteiger partial charge on any atom is -0.392 e. The summed E-state index contributed by atoms with van der Waals surface area (Å²) in [5, 5.41) is 11.6. The number of amides is 1. The zero-order valence-corrected chi connectivity index (χ0v) is 10.5. The number of piperidine rings is 1. The number of aromatic nitrogens is 2. The predicted octanol–water partition coefficient (Wildman–Crippen LogP) is -0.0687. The first-order valence-corrected chi connectivity index (χ1v) is 6.13. The van der Waals surface area contributed by atoms with Gasteiger partial charge in [-0.3, -0.25) is 4.79 Å². The van der Waals surface area contributed by atoms with Crippen LogP contribution in [0.2, 0.25) is 0 Å². The van der Waals surface area contributed by atoms with E-state index in [1.165, 1.54) is 0 Å². The van der Waals surface area contributed by atoms with E-state index in [9.17, 15) is 4.79 Å². The first-order valence-electron chi connectivity index (χ1n) is 6.13. The summed E-state index contributed by atoms with van der Waals surface area (Å²) in [5.41, 5.74) is 0.707. The molecule has 6 nitrogen and oxygen atoms in total. The Morgan fingerprint density at radius 3 is 2.56 bits per heavy atom. The number of aliphatic hydroxyl groups excluding tert-OH is 1. The lowest BCUT2D eigenvalue weighted by Crippen LogP contribution is -2.40. The number of carbonyl (C=O) groups excluding carboxylic acids is 1. The molecule has 1 saturated heterocycles. The van der Waals surface area contributed by atoms with Gasteiger partial charge in [-0.15, -0.1) is 0 Å². The normalized spacial score (nSPS) is 16.7. The maximum Gasteiger partial charge on any atom is 0.225 e. The molecule has 1 fully saturated rings. The number of rotatable bonds is 3. The highest BCUT2D eigenvalue weighted by atomic mass is 16.3. The molecule has 1 aromatic rings. The standard InChI is InChI=1S/C12H18N4O2/c1-13-11(18)10-2-4-16(5-3-10)12-14-6-9(8-17)7-15-12/h6-7,10,17H,2-5,8H2,1H3,(H,13,18). The molecule has 2 N–H and O–H groups in total. The average molecular weight is 250 g/mol. The van der Waals surface area contributed by atoms with Crippen LogP contribution in [0, 0.1) is 5.92 Å². The highest BCUT2D eigenvalue weighted by Gasteiger charge is 2.25. The van der Waals surface area contributed by atoms with Gasteiger partial charge in [-0.2, -0.15) is 0 Å². The predicted molar refractivity (Wildman–Crippen MR) is 67.0 cm³/mol. The molecule has 0 bridgehead atoms. The second-order valence-corrected chi connectivity index (χ2v) is 4.42. The van der Waals surface area contributed by atoms with Crippen molar-refractivity contribution in [3.63, 3.8) is 0 Å². The lowest BCUT2D eigenvalue weighted by molar-refractivity contribution is -0.125. The Balaban J connectivity index is 1.94. The van der Waals surface area contributed by atoms with Gasteiger partial charge < -0.3 is 15.3 Å². The van der Waals surface area contributed by atoms with E-state index < -0.39 is 0 Å². The number of aliphatic hydroxyl groups is 1. The number of anilines is 1. The Kier molecular flexibility index (Phi) is 4.09. The van der Waals surface area contributed by atoms with Gasteiger partial charge in [0.15, 0.2) is 0 Å². The number of hydrogen-bond acceptors (Lipinski definition) is 5. The van der Waals surface area contributed by atoms with Gasteiger partial charge in [0.1, 0.15) is 0 Å². The number of carbonyl (C=O) groups is 1. The molecular weight excluding hydrogens is 232 g/mol. The van der Waals surface area contributed by atoms with Crippen molar-refractivity contribution < 1.29 is 9.90 Å². The Bertz CT molecular complexity index is 399. The molecule has 6 heteroatoms. The van der Waals surface area contributed by atoms with Crippen LogP contribution in [0.3, 0.4) is 0 Å². The smallest absolute Gasteiger partial charge is 0.225 e. The van der Waals surface area contributed by atoms with Crippen LogP contribution in [0.5, 0.6) is 0 Å². The van der Waals surface area contributed by atoms with Crippen LogP contribution in [-0.4, -0.2) is 41.1 Å². The van der Waals surface area contributed by atoms with E-state index in [2.05, 4.69) is 20.2 Å². The fourth-order valence-corrected chi connectivity index (χ4v) is 2.14. The second kappa shape index (κ2) is 5.77. The highest BCUT2D eigenvalue weighted by molar-refractivity contribution is 5.78. The van der Waals surface area contributed by atoms with Gasteiger partial charge in [0.25, 0.3) is 0 Å². The van der Waals surface area contributed by atoms with Gasteiger partial charge in [0, 0.05) is 44.0 Å². The SMILES string of the molecule is CNC(=O)C1CCN(c2ncc(CO)cn2)CC1. The fraction of sp³-hybridized carbons (Fsp3) is 0.583. The van der Waals surface area contributed by atoms with Gasteiger partial charge >= 0.3 is 0 Å². The van der Waals surface area contributed by atoms with Crippen molar-refractivity contribution in [2.45, 2.75) is 19.4 Å². The number of nitrogens with zero attached hydrogens (tertiary/aromatic N) is 3. The lowest BCUT2D eigenvalue weighted by Gasteiger charge is -2.31. The van der Waals surface area contributed by atoms with Crippen LogP contribution < -0.4 is 10.2 Å². The van der Waals surface area contributed by atoms with Gasteiger partial charge in [-0.05, 0) is 12.8 Å². The van der Waals surface area contributed by atoms with Crippen molar-refractivity contribution in [3.05, 3.63) is 18.0 Å². The van der Waals surface area contributed by atoms with E-state index >= 15 is 0 Å². The Morgan fingerprint density at radius 2 is 2.06 bits per heavy atom. The van der Waals surface area contributed by atoms with E-state index in [0.29, 0.717) is 11.5 Å². The Hall–Kier alpha value is -1.69. The molecule has 98 valence electrons. The second-order valence-electron chi connectivity index (χ2n) is 4.42. The molecule has 1 aromatic heterocycles. The van der Waals surface area contributed by atoms with Crippen LogP contribution in [0.4, 0.5) is 5.95 Å². The molecule has 2 heterocycles. The Morgan fingerprint density at radius 1 is 1.44 bits per heavy atom. The minimum absolute atomic E-state index is 0.0426. The highest BCUT2D eigenvalue weighted by Crippen LogP contribution is 2.20. The molecule has 18 heavy (non-hydrogen) atoms. The van der Waals surface area contributed by atoms with Crippen LogP contribution >= 0.6 is 0 Å². The first kappa shape index (κ1) is 12.8. The maximum absolute atomic E-state index is 11.5. The number of hydrogen-bond donors (Lipinski definition) is 2. The van der Waals surface area contributed by atoms with Crippen LogP contribution in [0.15, 0.2) is 12.4 Å². The minimum atomic E-state index is -0.0426. The maximum atomic E-state index is 11.5. The monoisotopic (exact) mass is 250 g/mol. The molecular formula is C12H18N4O2. The Labute approximate surface area is 106 Å². The summed E-state index contributed by atoms with van der Waals surface area (Å²) >= 11 is 0. The topological polar surface area (TPSA) is 78.4 Å². The summed E-state index contributed by atoms with van der Waals surface area (Å²) in [6.07, 6.45) is 4.91. The van der Waals surface area contributed by atoms with Gasteiger partial charge in [-0.1, -0.05) is 0 Å². The van der Waals surface area contributed by atoms with Gasteiger partial charge in [-0.25, -0.2) is 9.97 Å².